The third kappa shape index (κ3) is 4.45. The molecule has 6 nitrogen and oxygen atoms in total. The van der Waals surface area contributed by atoms with Crippen molar-refractivity contribution in [3.05, 3.63) is 78.1 Å². The molecule has 1 amide bonds. The maximum Gasteiger partial charge on any atom is 0.267 e. The number of rotatable bonds is 6. The standard InChI is InChI=1S/C21H19F3N4O2/c22-16-8-6-15(7-9-16)11-27-14-25-26-20(27)18-10-21(23,24)13-28(18)19(29)12-30-17-4-2-1-3-5-17/h1-9,14,18H,10-13H2/t18-/m0/s1. The zero-order valence-corrected chi connectivity index (χ0v) is 15.9. The molecule has 0 spiro atoms. The summed E-state index contributed by atoms with van der Waals surface area (Å²) < 4.78 is 48.6. The molecule has 3 aromatic rings. The lowest BCUT2D eigenvalue weighted by atomic mass is 10.1. The lowest BCUT2D eigenvalue weighted by Gasteiger charge is -2.23. The van der Waals surface area contributed by atoms with E-state index in [0.29, 0.717) is 5.75 Å². The summed E-state index contributed by atoms with van der Waals surface area (Å²) in [7, 11) is 0. The number of nitrogens with zero attached hydrogens (tertiary/aromatic N) is 4. The number of alkyl halides is 2. The lowest BCUT2D eigenvalue weighted by Crippen LogP contribution is -2.37. The van der Waals surface area contributed by atoms with Crippen molar-refractivity contribution in [1.29, 1.82) is 0 Å². The Balaban J connectivity index is 1.52. The van der Waals surface area contributed by atoms with Gasteiger partial charge >= 0.3 is 0 Å². The number of amides is 1. The van der Waals surface area contributed by atoms with Gasteiger partial charge in [-0.3, -0.25) is 4.79 Å². The van der Waals surface area contributed by atoms with Gasteiger partial charge in [-0.2, -0.15) is 0 Å². The van der Waals surface area contributed by atoms with Gasteiger partial charge in [-0.1, -0.05) is 30.3 Å². The number of carbonyl (C=O) groups is 1. The smallest absolute Gasteiger partial charge is 0.267 e. The number of benzene rings is 2. The monoisotopic (exact) mass is 416 g/mol. The maximum atomic E-state index is 14.2. The molecule has 1 aliphatic rings. The van der Waals surface area contributed by atoms with Crippen LogP contribution in [-0.4, -0.2) is 44.6 Å². The molecule has 30 heavy (non-hydrogen) atoms. The number of likely N-dealkylation sites (tertiary alicyclic amines) is 1. The summed E-state index contributed by atoms with van der Waals surface area (Å²) in [5, 5.41) is 7.84. The van der Waals surface area contributed by atoms with Gasteiger partial charge in [0.1, 0.15) is 17.9 Å². The highest BCUT2D eigenvalue weighted by Crippen LogP contribution is 2.40. The largest absolute Gasteiger partial charge is 0.484 e. The molecule has 0 saturated carbocycles. The van der Waals surface area contributed by atoms with Crippen LogP contribution in [0.5, 0.6) is 5.75 Å². The van der Waals surface area contributed by atoms with Gasteiger partial charge in [0.25, 0.3) is 11.8 Å². The molecule has 0 aliphatic carbocycles. The summed E-state index contributed by atoms with van der Waals surface area (Å²) in [5.41, 5.74) is 0.757. The Morgan fingerprint density at radius 2 is 1.87 bits per heavy atom. The topological polar surface area (TPSA) is 60.2 Å². The van der Waals surface area contributed by atoms with E-state index in [1.54, 1.807) is 47.0 Å². The lowest BCUT2D eigenvalue weighted by molar-refractivity contribution is -0.135. The van der Waals surface area contributed by atoms with Crippen molar-refractivity contribution in [2.45, 2.75) is 24.9 Å². The summed E-state index contributed by atoms with van der Waals surface area (Å²) in [4.78, 5) is 13.8. The van der Waals surface area contributed by atoms with E-state index in [2.05, 4.69) is 10.2 Å². The van der Waals surface area contributed by atoms with Crippen molar-refractivity contribution in [2.75, 3.05) is 13.2 Å². The Kier molecular flexibility index (Phi) is 5.43. The van der Waals surface area contributed by atoms with E-state index in [0.717, 1.165) is 10.5 Å². The van der Waals surface area contributed by atoms with Gasteiger partial charge in [-0.15, -0.1) is 10.2 Å². The van der Waals surface area contributed by atoms with Gasteiger partial charge in [0.05, 0.1) is 19.1 Å². The van der Waals surface area contributed by atoms with E-state index in [1.165, 1.54) is 18.5 Å². The first-order valence-corrected chi connectivity index (χ1v) is 9.38. The molecule has 1 atom stereocenters. The maximum absolute atomic E-state index is 14.2. The molecule has 1 aliphatic heterocycles. The van der Waals surface area contributed by atoms with Crippen LogP contribution in [0.15, 0.2) is 60.9 Å². The molecule has 9 heteroatoms. The van der Waals surface area contributed by atoms with E-state index in [-0.39, 0.29) is 24.8 Å². The Bertz CT molecular complexity index is 1010. The molecule has 1 saturated heterocycles. The van der Waals surface area contributed by atoms with E-state index in [4.69, 9.17) is 4.74 Å². The molecule has 156 valence electrons. The van der Waals surface area contributed by atoms with Crippen LogP contribution >= 0.6 is 0 Å². The van der Waals surface area contributed by atoms with E-state index < -0.39 is 30.8 Å². The molecule has 2 aromatic carbocycles. The number of ether oxygens (including phenoxy) is 1. The van der Waals surface area contributed by atoms with Crippen LogP contribution in [0.25, 0.3) is 0 Å². The van der Waals surface area contributed by atoms with Crippen molar-refractivity contribution in [1.82, 2.24) is 19.7 Å². The first-order valence-electron chi connectivity index (χ1n) is 9.38. The number of hydrogen-bond acceptors (Lipinski definition) is 4. The van der Waals surface area contributed by atoms with Gasteiger partial charge in [0, 0.05) is 6.42 Å². The van der Waals surface area contributed by atoms with Gasteiger partial charge in [-0.25, -0.2) is 13.2 Å². The normalized spacial score (nSPS) is 17.8. The highest BCUT2D eigenvalue weighted by atomic mass is 19.3. The van der Waals surface area contributed by atoms with Crippen LogP contribution in [-0.2, 0) is 11.3 Å². The highest BCUT2D eigenvalue weighted by molar-refractivity contribution is 5.78. The van der Waals surface area contributed by atoms with Crippen molar-refractivity contribution in [3.8, 4) is 5.75 Å². The molecular weight excluding hydrogens is 397 g/mol. The number of aromatic nitrogens is 3. The summed E-state index contributed by atoms with van der Waals surface area (Å²) in [6.45, 7) is -0.798. The molecule has 1 aromatic heterocycles. The van der Waals surface area contributed by atoms with Crippen LogP contribution in [0.1, 0.15) is 23.9 Å². The van der Waals surface area contributed by atoms with E-state index >= 15 is 0 Å². The van der Waals surface area contributed by atoms with Crippen molar-refractivity contribution in [3.63, 3.8) is 0 Å². The van der Waals surface area contributed by atoms with Gasteiger partial charge in [0.2, 0.25) is 0 Å². The number of carbonyl (C=O) groups excluding carboxylic acids is 1. The van der Waals surface area contributed by atoms with Crippen LogP contribution in [0, 0.1) is 5.82 Å². The predicted octanol–water partition coefficient (Wildman–Crippen LogP) is 3.45. The minimum atomic E-state index is -3.04. The zero-order valence-electron chi connectivity index (χ0n) is 15.9. The minimum absolute atomic E-state index is 0.254. The molecule has 1 fully saturated rings. The first-order chi connectivity index (χ1) is 14.4. The SMILES string of the molecule is O=C(COc1ccccc1)N1CC(F)(F)C[C@H]1c1nncn1Cc1ccc(F)cc1. The van der Waals surface area contributed by atoms with Crippen LogP contribution < -0.4 is 4.74 Å². The van der Waals surface area contributed by atoms with Crippen LogP contribution in [0.3, 0.4) is 0 Å². The van der Waals surface area contributed by atoms with Crippen LogP contribution in [0.2, 0.25) is 0 Å². The Morgan fingerprint density at radius 1 is 1.13 bits per heavy atom. The Morgan fingerprint density at radius 3 is 2.60 bits per heavy atom. The summed E-state index contributed by atoms with van der Waals surface area (Å²) in [5.74, 6) is -3.23. The highest BCUT2D eigenvalue weighted by Gasteiger charge is 2.49. The van der Waals surface area contributed by atoms with Gasteiger partial charge in [-0.05, 0) is 29.8 Å². The second-order valence-electron chi connectivity index (χ2n) is 7.14. The molecule has 0 bridgehead atoms. The summed E-state index contributed by atoms with van der Waals surface area (Å²) >= 11 is 0. The van der Waals surface area contributed by atoms with Crippen molar-refractivity contribution < 1.29 is 22.7 Å². The number of halogens is 3. The summed E-state index contributed by atoms with van der Waals surface area (Å²) in [6.07, 6.45) is 0.866. The number of hydrogen-bond donors (Lipinski definition) is 0. The third-order valence-electron chi connectivity index (χ3n) is 4.91. The molecule has 2 heterocycles. The van der Waals surface area contributed by atoms with E-state index in [9.17, 15) is 18.0 Å². The summed E-state index contributed by atoms with van der Waals surface area (Å²) in [6, 6.07) is 13.6. The average molecular weight is 416 g/mol. The molecular formula is C21H19F3N4O2. The molecule has 4 rings (SSSR count). The average Bonchev–Trinajstić information content (AvgIpc) is 3.32. The Labute approximate surface area is 170 Å². The minimum Gasteiger partial charge on any atom is -0.484 e. The second-order valence-corrected chi connectivity index (χ2v) is 7.14. The fourth-order valence-corrected chi connectivity index (χ4v) is 3.48. The van der Waals surface area contributed by atoms with Crippen molar-refractivity contribution in [2.24, 2.45) is 0 Å². The van der Waals surface area contributed by atoms with Crippen molar-refractivity contribution >= 4 is 5.91 Å². The molecule has 0 unspecified atom stereocenters. The second kappa shape index (κ2) is 8.17. The fourth-order valence-electron chi connectivity index (χ4n) is 3.48. The van der Waals surface area contributed by atoms with Crippen LogP contribution in [0.4, 0.5) is 13.2 Å². The molecule has 0 radical (unpaired) electrons. The first kappa shape index (κ1) is 19.9. The van der Waals surface area contributed by atoms with E-state index in [1.807, 2.05) is 0 Å². The zero-order chi connectivity index (χ0) is 21.1. The Hall–Kier alpha value is -3.36. The quantitative estimate of drug-likeness (QED) is 0.618. The third-order valence-corrected chi connectivity index (χ3v) is 4.91. The van der Waals surface area contributed by atoms with Gasteiger partial charge in [0.15, 0.2) is 12.4 Å². The number of para-hydroxylation sites is 1. The van der Waals surface area contributed by atoms with Gasteiger partial charge < -0.3 is 14.2 Å². The predicted molar refractivity (Wildman–Crippen MR) is 101 cm³/mol. The molecule has 0 N–H and O–H groups in total. The fraction of sp³-hybridized carbons (Fsp3) is 0.286.